The van der Waals surface area contributed by atoms with Crippen molar-refractivity contribution in [1.82, 2.24) is 4.98 Å². The molecule has 0 saturated carbocycles. The molecular formula is C15H18N2. The number of nitrogen functional groups attached to an aromatic ring is 1. The zero-order chi connectivity index (χ0) is 12.3. The minimum Gasteiger partial charge on any atom is -0.397 e. The molecule has 1 aromatic heterocycles. The molecule has 2 heteroatoms. The molecule has 0 spiro atoms. The fourth-order valence-corrected chi connectivity index (χ4v) is 1.86. The maximum Gasteiger partial charge on any atom is 0.0635 e. The highest BCUT2D eigenvalue weighted by Gasteiger charge is 2.06. The van der Waals surface area contributed by atoms with Gasteiger partial charge in [0, 0.05) is 11.8 Å². The Balaban J connectivity index is 2.31. The molecule has 1 aromatic carbocycles. The molecule has 2 nitrogen and oxygen atoms in total. The van der Waals surface area contributed by atoms with Gasteiger partial charge in [0.15, 0.2) is 0 Å². The van der Waals surface area contributed by atoms with Crippen molar-refractivity contribution in [3.63, 3.8) is 0 Å². The lowest BCUT2D eigenvalue weighted by Crippen LogP contribution is -2.02. The van der Waals surface area contributed by atoms with E-state index in [1.54, 1.807) is 0 Å². The highest BCUT2D eigenvalue weighted by atomic mass is 14.7. The molecule has 0 aliphatic rings. The molecule has 0 bridgehead atoms. The largest absolute Gasteiger partial charge is 0.397 e. The Morgan fingerprint density at radius 2 is 1.82 bits per heavy atom. The Morgan fingerprint density at radius 1 is 1.12 bits per heavy atom. The maximum atomic E-state index is 6.04. The second-order valence-electron chi connectivity index (χ2n) is 4.72. The first kappa shape index (κ1) is 11.6. The van der Waals surface area contributed by atoms with Crippen LogP contribution in [0.4, 0.5) is 5.69 Å². The van der Waals surface area contributed by atoms with E-state index in [-0.39, 0.29) is 0 Å². The second-order valence-corrected chi connectivity index (χ2v) is 4.72. The Bertz CT molecular complexity index is 490. The Morgan fingerprint density at radius 3 is 2.41 bits per heavy atom. The number of hydrogen-bond acceptors (Lipinski definition) is 2. The van der Waals surface area contributed by atoms with E-state index in [0.29, 0.717) is 5.92 Å². The van der Waals surface area contributed by atoms with E-state index in [1.807, 2.05) is 30.5 Å². The van der Waals surface area contributed by atoms with Gasteiger partial charge in [0.1, 0.15) is 0 Å². The average Bonchev–Trinajstić information content (AvgIpc) is 2.32. The first-order chi connectivity index (χ1) is 8.16. The van der Waals surface area contributed by atoms with Crippen molar-refractivity contribution in [1.29, 1.82) is 0 Å². The number of pyridine rings is 1. The summed E-state index contributed by atoms with van der Waals surface area (Å²) in [7, 11) is 0. The van der Waals surface area contributed by atoms with Crippen LogP contribution in [0.2, 0.25) is 0 Å². The molecule has 0 atom stereocenters. The Labute approximate surface area is 103 Å². The Hall–Kier alpha value is -1.83. The molecule has 0 radical (unpaired) electrons. The van der Waals surface area contributed by atoms with Crippen LogP contribution >= 0.6 is 0 Å². The van der Waals surface area contributed by atoms with E-state index in [0.717, 1.165) is 28.9 Å². The van der Waals surface area contributed by atoms with Gasteiger partial charge in [0.05, 0.1) is 11.4 Å². The second kappa shape index (κ2) is 5.00. The molecule has 0 unspecified atom stereocenters. The van der Waals surface area contributed by atoms with Gasteiger partial charge in [-0.05, 0) is 24.0 Å². The summed E-state index contributed by atoms with van der Waals surface area (Å²) in [5.41, 5.74) is 10.1. The van der Waals surface area contributed by atoms with Crippen LogP contribution in [0.15, 0.2) is 42.6 Å². The van der Waals surface area contributed by atoms with Gasteiger partial charge in [0.25, 0.3) is 0 Å². The first-order valence-corrected chi connectivity index (χ1v) is 5.96. The van der Waals surface area contributed by atoms with Crippen LogP contribution in [-0.2, 0) is 6.42 Å². The predicted octanol–water partition coefficient (Wildman–Crippen LogP) is 3.53. The van der Waals surface area contributed by atoms with Crippen LogP contribution in [0.3, 0.4) is 0 Å². The molecule has 0 fully saturated rings. The molecule has 17 heavy (non-hydrogen) atoms. The number of aromatic nitrogens is 1. The van der Waals surface area contributed by atoms with Crippen molar-refractivity contribution in [2.75, 3.05) is 5.73 Å². The summed E-state index contributed by atoms with van der Waals surface area (Å²) in [5, 5.41) is 0. The lowest BCUT2D eigenvalue weighted by atomic mass is 10.0. The maximum absolute atomic E-state index is 6.04. The monoisotopic (exact) mass is 226 g/mol. The Kier molecular flexibility index (Phi) is 3.43. The minimum atomic E-state index is 0.576. The highest BCUT2D eigenvalue weighted by Crippen LogP contribution is 2.23. The van der Waals surface area contributed by atoms with E-state index in [1.165, 1.54) is 0 Å². The average molecular weight is 226 g/mol. The van der Waals surface area contributed by atoms with Gasteiger partial charge in [-0.1, -0.05) is 44.2 Å². The van der Waals surface area contributed by atoms with Crippen molar-refractivity contribution in [2.24, 2.45) is 5.92 Å². The number of nitrogens with zero attached hydrogens (tertiary/aromatic N) is 1. The summed E-state index contributed by atoms with van der Waals surface area (Å²) >= 11 is 0. The number of benzene rings is 1. The van der Waals surface area contributed by atoms with E-state index in [2.05, 4.69) is 31.0 Å². The van der Waals surface area contributed by atoms with E-state index < -0.39 is 0 Å². The quantitative estimate of drug-likeness (QED) is 0.869. The lowest BCUT2D eigenvalue weighted by Gasteiger charge is -2.09. The van der Waals surface area contributed by atoms with Gasteiger partial charge in [-0.25, -0.2) is 0 Å². The van der Waals surface area contributed by atoms with Gasteiger partial charge in [-0.15, -0.1) is 0 Å². The van der Waals surface area contributed by atoms with E-state index >= 15 is 0 Å². The molecule has 0 aliphatic heterocycles. The van der Waals surface area contributed by atoms with Gasteiger partial charge in [-0.2, -0.15) is 0 Å². The molecule has 2 rings (SSSR count). The molecule has 2 N–H and O–H groups in total. The van der Waals surface area contributed by atoms with Gasteiger partial charge >= 0.3 is 0 Å². The third-order valence-electron chi connectivity index (χ3n) is 2.71. The third kappa shape index (κ3) is 2.84. The van der Waals surface area contributed by atoms with Crippen molar-refractivity contribution in [2.45, 2.75) is 20.3 Å². The summed E-state index contributed by atoms with van der Waals surface area (Å²) < 4.78 is 0. The molecule has 0 saturated heterocycles. The van der Waals surface area contributed by atoms with E-state index in [9.17, 15) is 0 Å². The molecule has 2 aromatic rings. The molecular weight excluding hydrogens is 208 g/mol. The fraction of sp³-hybridized carbons (Fsp3) is 0.267. The van der Waals surface area contributed by atoms with Crippen LogP contribution in [0, 0.1) is 5.92 Å². The lowest BCUT2D eigenvalue weighted by molar-refractivity contribution is 0.637. The molecule has 0 amide bonds. The summed E-state index contributed by atoms with van der Waals surface area (Å²) in [6.07, 6.45) is 2.84. The topological polar surface area (TPSA) is 38.9 Å². The summed E-state index contributed by atoms with van der Waals surface area (Å²) in [5.74, 6) is 0.576. The van der Waals surface area contributed by atoms with Crippen molar-refractivity contribution in [3.05, 3.63) is 48.3 Å². The molecule has 1 heterocycles. The number of hydrogen-bond donors (Lipinski definition) is 1. The van der Waals surface area contributed by atoms with E-state index in [4.69, 9.17) is 5.73 Å². The summed E-state index contributed by atoms with van der Waals surface area (Å²) in [4.78, 5) is 4.47. The van der Waals surface area contributed by atoms with Crippen LogP contribution in [0.25, 0.3) is 11.1 Å². The zero-order valence-electron chi connectivity index (χ0n) is 10.4. The zero-order valence-corrected chi connectivity index (χ0v) is 10.4. The van der Waals surface area contributed by atoms with Crippen molar-refractivity contribution >= 4 is 5.69 Å². The van der Waals surface area contributed by atoms with Crippen LogP contribution < -0.4 is 5.73 Å². The third-order valence-corrected chi connectivity index (χ3v) is 2.71. The number of rotatable bonds is 3. The summed E-state index contributed by atoms with van der Waals surface area (Å²) in [6.45, 7) is 4.35. The van der Waals surface area contributed by atoms with Crippen molar-refractivity contribution in [3.8, 4) is 11.1 Å². The van der Waals surface area contributed by atoms with Gasteiger partial charge in [0.2, 0.25) is 0 Å². The number of anilines is 1. The van der Waals surface area contributed by atoms with Gasteiger partial charge in [-0.3, -0.25) is 4.98 Å². The van der Waals surface area contributed by atoms with Crippen LogP contribution in [-0.4, -0.2) is 4.98 Å². The standard InChI is InChI=1S/C15H18N2/c1-11(2)8-15-14(16)9-13(10-17-15)12-6-4-3-5-7-12/h3-7,9-11H,8,16H2,1-2H3. The first-order valence-electron chi connectivity index (χ1n) is 5.96. The fourth-order valence-electron chi connectivity index (χ4n) is 1.86. The summed E-state index contributed by atoms with van der Waals surface area (Å²) in [6, 6.07) is 12.2. The van der Waals surface area contributed by atoms with Crippen LogP contribution in [0.5, 0.6) is 0 Å². The van der Waals surface area contributed by atoms with Crippen molar-refractivity contribution < 1.29 is 0 Å². The highest BCUT2D eigenvalue weighted by molar-refractivity contribution is 5.66. The number of nitrogens with two attached hydrogens (primary N) is 1. The SMILES string of the molecule is CC(C)Cc1ncc(-c2ccccc2)cc1N. The predicted molar refractivity (Wildman–Crippen MR) is 72.6 cm³/mol. The van der Waals surface area contributed by atoms with Gasteiger partial charge < -0.3 is 5.73 Å². The molecule has 88 valence electrons. The van der Waals surface area contributed by atoms with Crippen LogP contribution in [0.1, 0.15) is 19.5 Å². The smallest absolute Gasteiger partial charge is 0.0635 e. The molecule has 0 aliphatic carbocycles. The minimum absolute atomic E-state index is 0.576. The normalized spacial score (nSPS) is 10.8.